The van der Waals surface area contributed by atoms with Gasteiger partial charge < -0.3 is 15.0 Å². The van der Waals surface area contributed by atoms with Crippen molar-refractivity contribution in [2.75, 3.05) is 20.3 Å². The molecule has 30 heavy (non-hydrogen) atoms. The number of nitrogens with zero attached hydrogens (tertiary/aromatic N) is 3. The Morgan fingerprint density at radius 3 is 2.53 bits per heavy atom. The first-order chi connectivity index (χ1) is 14.7. The van der Waals surface area contributed by atoms with E-state index < -0.39 is 0 Å². The van der Waals surface area contributed by atoms with Gasteiger partial charge in [-0.05, 0) is 18.6 Å². The second kappa shape index (κ2) is 8.87. The summed E-state index contributed by atoms with van der Waals surface area (Å²) >= 11 is 0. The molecule has 0 spiro atoms. The van der Waals surface area contributed by atoms with Crippen LogP contribution in [0.2, 0.25) is 0 Å². The van der Waals surface area contributed by atoms with Gasteiger partial charge in [0.2, 0.25) is 5.91 Å². The van der Waals surface area contributed by atoms with Crippen LogP contribution in [-0.4, -0.2) is 58.2 Å². The standard InChI is InChI=1S/C22H23N5O3/c1-30-14-19(28)23-17-12-18(27(13-17)22(29)16-10-6-3-7-11-16)21-24-20(25-26-21)15-8-4-2-5-9-15/h2-11,17-18H,12-14H2,1H3,(H,23,28)(H,24,25,26)/t17-,18-/m0/s1. The summed E-state index contributed by atoms with van der Waals surface area (Å²) in [6.45, 7) is 0.365. The third-order valence-electron chi connectivity index (χ3n) is 5.07. The average Bonchev–Trinajstić information content (AvgIpc) is 3.42. The maximum absolute atomic E-state index is 13.2. The maximum atomic E-state index is 13.2. The molecule has 2 heterocycles. The lowest BCUT2D eigenvalue weighted by molar-refractivity contribution is -0.125. The smallest absolute Gasteiger partial charge is 0.254 e. The Morgan fingerprint density at radius 1 is 1.13 bits per heavy atom. The largest absolute Gasteiger partial charge is 0.375 e. The molecule has 154 valence electrons. The van der Waals surface area contributed by atoms with Crippen molar-refractivity contribution in [1.82, 2.24) is 25.4 Å². The summed E-state index contributed by atoms with van der Waals surface area (Å²) in [5.74, 6) is 0.853. The minimum absolute atomic E-state index is 0.0196. The first-order valence-electron chi connectivity index (χ1n) is 9.77. The Kier molecular flexibility index (Phi) is 5.85. The number of nitrogens with one attached hydrogen (secondary N) is 2. The number of methoxy groups -OCH3 is 1. The van der Waals surface area contributed by atoms with Crippen molar-refractivity contribution in [3.8, 4) is 11.4 Å². The molecule has 1 saturated heterocycles. The molecule has 1 fully saturated rings. The number of ether oxygens (including phenoxy) is 1. The molecule has 0 unspecified atom stereocenters. The van der Waals surface area contributed by atoms with E-state index >= 15 is 0 Å². The molecule has 2 amide bonds. The molecule has 2 aromatic carbocycles. The molecule has 1 aromatic heterocycles. The SMILES string of the molecule is COCC(=O)N[C@H]1C[C@@H](c2nc(-c3ccccc3)n[nH]2)N(C(=O)c2ccccc2)C1. The quantitative estimate of drug-likeness (QED) is 0.655. The van der Waals surface area contributed by atoms with Crippen LogP contribution in [0.25, 0.3) is 11.4 Å². The summed E-state index contributed by atoms with van der Waals surface area (Å²) in [6, 6.07) is 18.2. The second-order valence-electron chi connectivity index (χ2n) is 7.18. The molecule has 0 bridgehead atoms. The van der Waals surface area contributed by atoms with E-state index in [2.05, 4.69) is 20.5 Å². The monoisotopic (exact) mass is 405 g/mol. The molecule has 1 aliphatic heterocycles. The Hall–Kier alpha value is -3.52. The van der Waals surface area contributed by atoms with Crippen molar-refractivity contribution < 1.29 is 14.3 Å². The molecule has 1 aliphatic rings. The summed E-state index contributed by atoms with van der Waals surface area (Å²) in [4.78, 5) is 31.6. The third kappa shape index (κ3) is 4.23. The van der Waals surface area contributed by atoms with Crippen molar-refractivity contribution in [3.05, 3.63) is 72.1 Å². The zero-order chi connectivity index (χ0) is 20.9. The minimum atomic E-state index is -0.324. The van der Waals surface area contributed by atoms with Gasteiger partial charge in [0.25, 0.3) is 5.91 Å². The number of rotatable bonds is 6. The van der Waals surface area contributed by atoms with Gasteiger partial charge in [0, 0.05) is 30.8 Å². The third-order valence-corrected chi connectivity index (χ3v) is 5.07. The molecule has 0 aliphatic carbocycles. The van der Waals surface area contributed by atoms with E-state index in [9.17, 15) is 9.59 Å². The fraction of sp³-hybridized carbons (Fsp3) is 0.273. The molecule has 3 aromatic rings. The fourth-order valence-corrected chi connectivity index (χ4v) is 3.71. The summed E-state index contributed by atoms with van der Waals surface area (Å²) in [6.07, 6.45) is 0.539. The van der Waals surface area contributed by atoms with E-state index in [0.29, 0.717) is 30.2 Å². The summed E-state index contributed by atoms with van der Waals surface area (Å²) in [7, 11) is 1.47. The van der Waals surface area contributed by atoms with Crippen molar-refractivity contribution in [2.45, 2.75) is 18.5 Å². The lowest BCUT2D eigenvalue weighted by atomic mass is 10.1. The Bertz CT molecular complexity index is 1010. The van der Waals surface area contributed by atoms with Gasteiger partial charge in [-0.3, -0.25) is 14.7 Å². The second-order valence-corrected chi connectivity index (χ2v) is 7.18. The van der Waals surface area contributed by atoms with Crippen molar-refractivity contribution >= 4 is 11.8 Å². The van der Waals surface area contributed by atoms with Crippen LogP contribution in [0.4, 0.5) is 0 Å². The Balaban J connectivity index is 1.60. The zero-order valence-electron chi connectivity index (χ0n) is 16.6. The number of H-pyrrole nitrogens is 1. The van der Waals surface area contributed by atoms with E-state index in [0.717, 1.165) is 5.56 Å². The zero-order valence-corrected chi connectivity index (χ0v) is 16.6. The molecule has 4 rings (SSSR count). The summed E-state index contributed by atoms with van der Waals surface area (Å²) in [5, 5.41) is 10.3. The predicted octanol–water partition coefficient (Wildman–Crippen LogP) is 2.19. The van der Waals surface area contributed by atoms with Crippen LogP contribution in [0.3, 0.4) is 0 Å². The molecule has 0 radical (unpaired) electrons. The lowest BCUT2D eigenvalue weighted by Crippen LogP contribution is -2.40. The molecular weight excluding hydrogens is 382 g/mol. The van der Waals surface area contributed by atoms with Gasteiger partial charge in [-0.25, -0.2) is 4.98 Å². The van der Waals surface area contributed by atoms with Crippen LogP contribution in [0.15, 0.2) is 60.7 Å². The fourth-order valence-electron chi connectivity index (χ4n) is 3.71. The Morgan fingerprint density at radius 2 is 1.83 bits per heavy atom. The number of carbonyl (C=O) groups excluding carboxylic acids is 2. The highest BCUT2D eigenvalue weighted by atomic mass is 16.5. The van der Waals surface area contributed by atoms with Gasteiger partial charge >= 0.3 is 0 Å². The van der Waals surface area contributed by atoms with Gasteiger partial charge in [0.15, 0.2) is 5.82 Å². The number of aromatic amines is 1. The van der Waals surface area contributed by atoms with Crippen LogP contribution in [0.1, 0.15) is 28.6 Å². The summed E-state index contributed by atoms with van der Waals surface area (Å²) in [5.41, 5.74) is 1.48. The molecule has 8 nitrogen and oxygen atoms in total. The van der Waals surface area contributed by atoms with Crippen LogP contribution in [0.5, 0.6) is 0 Å². The number of hydrogen-bond acceptors (Lipinski definition) is 5. The molecule has 0 saturated carbocycles. The van der Waals surface area contributed by atoms with Gasteiger partial charge in [-0.15, -0.1) is 0 Å². The van der Waals surface area contributed by atoms with E-state index in [-0.39, 0.29) is 30.5 Å². The number of aromatic nitrogens is 3. The van der Waals surface area contributed by atoms with E-state index in [1.54, 1.807) is 17.0 Å². The number of benzene rings is 2. The number of amides is 2. The highest BCUT2D eigenvalue weighted by Crippen LogP contribution is 2.32. The number of likely N-dealkylation sites (tertiary alicyclic amines) is 1. The van der Waals surface area contributed by atoms with E-state index in [1.807, 2.05) is 48.5 Å². The van der Waals surface area contributed by atoms with Gasteiger partial charge in [0.05, 0.1) is 6.04 Å². The number of carbonyl (C=O) groups is 2. The molecule has 8 heteroatoms. The topological polar surface area (TPSA) is 100 Å². The minimum Gasteiger partial charge on any atom is -0.375 e. The molecule has 2 N–H and O–H groups in total. The Labute approximate surface area is 174 Å². The lowest BCUT2D eigenvalue weighted by Gasteiger charge is -2.22. The summed E-state index contributed by atoms with van der Waals surface area (Å²) < 4.78 is 4.90. The highest BCUT2D eigenvalue weighted by molar-refractivity contribution is 5.94. The van der Waals surface area contributed by atoms with Crippen LogP contribution in [0, 0.1) is 0 Å². The van der Waals surface area contributed by atoms with Crippen molar-refractivity contribution in [3.63, 3.8) is 0 Å². The average molecular weight is 405 g/mol. The van der Waals surface area contributed by atoms with Crippen LogP contribution in [-0.2, 0) is 9.53 Å². The normalized spacial score (nSPS) is 18.4. The number of hydrogen-bond donors (Lipinski definition) is 2. The first-order valence-corrected chi connectivity index (χ1v) is 9.77. The molecule has 2 atom stereocenters. The van der Waals surface area contributed by atoms with Crippen LogP contribution >= 0.6 is 0 Å². The highest BCUT2D eigenvalue weighted by Gasteiger charge is 2.39. The first kappa shape index (κ1) is 19.8. The van der Waals surface area contributed by atoms with E-state index in [4.69, 9.17) is 4.74 Å². The van der Waals surface area contributed by atoms with Gasteiger partial charge in [-0.2, -0.15) is 5.10 Å². The van der Waals surface area contributed by atoms with E-state index in [1.165, 1.54) is 7.11 Å². The maximum Gasteiger partial charge on any atom is 0.254 e. The van der Waals surface area contributed by atoms with Gasteiger partial charge in [-0.1, -0.05) is 48.5 Å². The van der Waals surface area contributed by atoms with Crippen molar-refractivity contribution in [1.29, 1.82) is 0 Å². The van der Waals surface area contributed by atoms with Crippen molar-refractivity contribution in [2.24, 2.45) is 0 Å². The molecular formula is C22H23N5O3. The predicted molar refractivity (Wildman–Crippen MR) is 110 cm³/mol. The van der Waals surface area contributed by atoms with Gasteiger partial charge in [0.1, 0.15) is 12.4 Å². The van der Waals surface area contributed by atoms with Crippen LogP contribution < -0.4 is 5.32 Å².